The van der Waals surface area contributed by atoms with Crippen LogP contribution in [0.2, 0.25) is 5.02 Å². The Labute approximate surface area is 177 Å². The number of nitrogens with one attached hydrogen (secondary N) is 1. The summed E-state index contributed by atoms with van der Waals surface area (Å²) in [5.74, 6) is 1.89. The number of aromatic nitrogens is 4. The number of hydrogen-bond donors (Lipinski definition) is 1. The van der Waals surface area contributed by atoms with Crippen molar-refractivity contribution in [3.05, 3.63) is 84.7 Å². The predicted molar refractivity (Wildman–Crippen MR) is 111 cm³/mol. The van der Waals surface area contributed by atoms with Gasteiger partial charge in [0.25, 0.3) is 5.91 Å². The summed E-state index contributed by atoms with van der Waals surface area (Å²) in [5, 5.41) is 3.37. The van der Waals surface area contributed by atoms with E-state index in [1.165, 1.54) is 6.33 Å². The molecule has 4 aromatic rings. The average molecular weight is 422 g/mol. The summed E-state index contributed by atoms with van der Waals surface area (Å²) in [5.41, 5.74) is 0.619. The highest BCUT2D eigenvalue weighted by molar-refractivity contribution is 6.30. The Balaban J connectivity index is 1.32. The van der Waals surface area contributed by atoms with Crippen LogP contribution in [0.3, 0.4) is 0 Å². The third-order valence-corrected chi connectivity index (χ3v) is 4.19. The zero-order valence-electron chi connectivity index (χ0n) is 15.6. The second kappa shape index (κ2) is 9.06. The molecular weight excluding hydrogens is 406 g/mol. The van der Waals surface area contributed by atoms with Gasteiger partial charge in [-0.25, -0.2) is 15.0 Å². The van der Waals surface area contributed by atoms with Crippen LogP contribution >= 0.6 is 11.6 Å². The Bertz CT molecular complexity index is 1120. The molecule has 1 N–H and O–H groups in total. The molecule has 0 aliphatic carbocycles. The maximum Gasteiger partial charge on any atom is 0.262 e. The van der Waals surface area contributed by atoms with Crippen LogP contribution in [0.1, 0.15) is 0 Å². The fourth-order valence-corrected chi connectivity index (χ4v) is 2.65. The lowest BCUT2D eigenvalue weighted by Gasteiger charge is -2.09. The summed E-state index contributed by atoms with van der Waals surface area (Å²) in [4.78, 5) is 24.3. The van der Waals surface area contributed by atoms with E-state index in [0.29, 0.717) is 33.9 Å². The molecule has 0 aliphatic heterocycles. The summed E-state index contributed by atoms with van der Waals surface area (Å²) in [6, 6.07) is 15.4. The van der Waals surface area contributed by atoms with Crippen molar-refractivity contribution in [2.75, 3.05) is 11.9 Å². The van der Waals surface area contributed by atoms with E-state index >= 15 is 0 Å². The van der Waals surface area contributed by atoms with Crippen LogP contribution in [0.15, 0.2) is 79.6 Å². The molecule has 0 fully saturated rings. The van der Waals surface area contributed by atoms with E-state index in [0.717, 1.165) is 0 Å². The molecule has 2 aromatic heterocycles. The smallest absolute Gasteiger partial charge is 0.262 e. The van der Waals surface area contributed by atoms with Crippen molar-refractivity contribution in [1.29, 1.82) is 0 Å². The molecule has 4 rings (SSSR count). The van der Waals surface area contributed by atoms with Crippen molar-refractivity contribution in [2.45, 2.75) is 0 Å². The second-order valence-corrected chi connectivity index (χ2v) is 6.54. The largest absolute Gasteiger partial charge is 0.484 e. The summed E-state index contributed by atoms with van der Waals surface area (Å²) >= 11 is 5.82. The molecule has 1 amide bonds. The van der Waals surface area contributed by atoms with Gasteiger partial charge in [-0.05, 0) is 48.5 Å². The van der Waals surface area contributed by atoms with Crippen LogP contribution in [0, 0.1) is 0 Å². The Morgan fingerprint density at radius 3 is 2.53 bits per heavy atom. The standard InChI is InChI=1S/C21H16ClN5O3/c22-15-1-5-17(6-2-15)29-12-20(28)26-16-3-7-18(8-4-16)30-21-11-19(24-13-25-21)27-10-9-23-14-27/h1-11,13-14H,12H2,(H,26,28). The zero-order valence-corrected chi connectivity index (χ0v) is 16.4. The van der Waals surface area contributed by atoms with Gasteiger partial charge in [-0.3, -0.25) is 9.36 Å². The number of benzene rings is 2. The van der Waals surface area contributed by atoms with Gasteiger partial charge < -0.3 is 14.8 Å². The van der Waals surface area contributed by atoms with Gasteiger partial charge in [0.15, 0.2) is 6.61 Å². The molecule has 150 valence electrons. The first kappa shape index (κ1) is 19.4. The van der Waals surface area contributed by atoms with Crippen LogP contribution < -0.4 is 14.8 Å². The van der Waals surface area contributed by atoms with Crippen molar-refractivity contribution in [3.63, 3.8) is 0 Å². The molecule has 9 heteroatoms. The highest BCUT2D eigenvalue weighted by Crippen LogP contribution is 2.22. The lowest BCUT2D eigenvalue weighted by Crippen LogP contribution is -2.20. The fourth-order valence-electron chi connectivity index (χ4n) is 2.53. The Kier molecular flexibility index (Phi) is 5.86. The summed E-state index contributed by atoms with van der Waals surface area (Å²) < 4.78 is 12.9. The number of imidazole rings is 1. The van der Waals surface area contributed by atoms with Crippen molar-refractivity contribution in [2.24, 2.45) is 0 Å². The number of hydrogen-bond acceptors (Lipinski definition) is 6. The molecule has 0 saturated carbocycles. The highest BCUT2D eigenvalue weighted by atomic mass is 35.5. The molecular formula is C21H16ClN5O3. The van der Waals surface area contributed by atoms with Gasteiger partial charge in [0.2, 0.25) is 5.88 Å². The quantitative estimate of drug-likeness (QED) is 0.482. The van der Waals surface area contributed by atoms with Gasteiger partial charge in [0.1, 0.15) is 30.0 Å². The summed E-state index contributed by atoms with van der Waals surface area (Å²) in [6.07, 6.45) is 6.50. The molecule has 0 atom stereocenters. The van der Waals surface area contributed by atoms with E-state index in [-0.39, 0.29) is 12.5 Å². The maximum absolute atomic E-state index is 12.1. The first-order chi connectivity index (χ1) is 14.7. The first-order valence-corrected chi connectivity index (χ1v) is 9.30. The predicted octanol–water partition coefficient (Wildman–Crippen LogP) is 4.13. The van der Waals surface area contributed by atoms with Crippen LogP contribution in [0.5, 0.6) is 17.4 Å². The van der Waals surface area contributed by atoms with Gasteiger partial charge in [-0.15, -0.1) is 0 Å². The Morgan fingerprint density at radius 2 is 1.80 bits per heavy atom. The number of halogens is 1. The highest BCUT2D eigenvalue weighted by Gasteiger charge is 2.06. The number of anilines is 1. The topological polar surface area (TPSA) is 91.2 Å². The number of amides is 1. The molecule has 2 aromatic carbocycles. The number of ether oxygens (including phenoxy) is 2. The lowest BCUT2D eigenvalue weighted by molar-refractivity contribution is -0.118. The normalized spacial score (nSPS) is 10.4. The molecule has 0 aliphatic rings. The number of nitrogens with zero attached hydrogens (tertiary/aromatic N) is 4. The SMILES string of the molecule is O=C(COc1ccc(Cl)cc1)Nc1ccc(Oc2cc(-n3ccnc3)ncn2)cc1. The van der Waals surface area contributed by atoms with E-state index in [4.69, 9.17) is 21.1 Å². The third-order valence-electron chi connectivity index (χ3n) is 3.94. The minimum atomic E-state index is -0.278. The minimum Gasteiger partial charge on any atom is -0.484 e. The molecule has 8 nitrogen and oxygen atoms in total. The minimum absolute atomic E-state index is 0.113. The monoisotopic (exact) mass is 421 g/mol. The summed E-state index contributed by atoms with van der Waals surface area (Å²) in [7, 11) is 0. The van der Waals surface area contributed by atoms with Gasteiger partial charge in [-0.2, -0.15) is 0 Å². The van der Waals surface area contributed by atoms with Gasteiger partial charge in [0, 0.05) is 29.2 Å². The molecule has 2 heterocycles. The Hall–Kier alpha value is -3.91. The molecule has 0 radical (unpaired) electrons. The number of carbonyl (C=O) groups is 1. The zero-order chi connectivity index (χ0) is 20.8. The van der Waals surface area contributed by atoms with Crippen LogP contribution in [0.4, 0.5) is 5.69 Å². The van der Waals surface area contributed by atoms with Gasteiger partial charge in [0.05, 0.1) is 0 Å². The van der Waals surface area contributed by atoms with E-state index in [1.54, 1.807) is 77.9 Å². The fraction of sp³-hybridized carbons (Fsp3) is 0.0476. The van der Waals surface area contributed by atoms with Crippen molar-refractivity contribution < 1.29 is 14.3 Å². The Morgan fingerprint density at radius 1 is 1.03 bits per heavy atom. The molecule has 0 bridgehead atoms. The van der Waals surface area contributed by atoms with E-state index < -0.39 is 0 Å². The third kappa shape index (κ3) is 5.12. The van der Waals surface area contributed by atoms with Crippen LogP contribution in [-0.4, -0.2) is 32.0 Å². The van der Waals surface area contributed by atoms with E-state index in [9.17, 15) is 4.79 Å². The van der Waals surface area contributed by atoms with E-state index in [1.807, 2.05) is 0 Å². The van der Waals surface area contributed by atoms with E-state index in [2.05, 4.69) is 20.3 Å². The molecule has 0 unspecified atom stereocenters. The second-order valence-electron chi connectivity index (χ2n) is 6.10. The van der Waals surface area contributed by atoms with Gasteiger partial charge >= 0.3 is 0 Å². The van der Waals surface area contributed by atoms with Crippen molar-refractivity contribution in [1.82, 2.24) is 19.5 Å². The number of rotatable bonds is 7. The first-order valence-electron chi connectivity index (χ1n) is 8.92. The van der Waals surface area contributed by atoms with Gasteiger partial charge in [-0.1, -0.05) is 11.6 Å². The number of carbonyl (C=O) groups excluding carboxylic acids is 1. The molecule has 0 spiro atoms. The maximum atomic E-state index is 12.1. The van der Waals surface area contributed by atoms with Crippen molar-refractivity contribution >= 4 is 23.2 Å². The molecule has 30 heavy (non-hydrogen) atoms. The molecule has 0 saturated heterocycles. The van der Waals surface area contributed by atoms with Crippen LogP contribution in [0.25, 0.3) is 5.82 Å². The van der Waals surface area contributed by atoms with Crippen molar-refractivity contribution in [3.8, 4) is 23.2 Å². The summed E-state index contributed by atoms with van der Waals surface area (Å²) in [6.45, 7) is -0.113. The van der Waals surface area contributed by atoms with Crippen LogP contribution in [-0.2, 0) is 4.79 Å². The lowest BCUT2D eigenvalue weighted by atomic mass is 10.3. The average Bonchev–Trinajstić information content (AvgIpc) is 3.30.